The van der Waals surface area contributed by atoms with Gasteiger partial charge in [-0.25, -0.2) is 4.79 Å². The number of methoxy groups -OCH3 is 2. The van der Waals surface area contributed by atoms with E-state index in [0.717, 1.165) is 6.08 Å². The van der Waals surface area contributed by atoms with Gasteiger partial charge in [0, 0.05) is 43.9 Å². The zero-order chi connectivity index (χ0) is 31.6. The van der Waals surface area contributed by atoms with Gasteiger partial charge in [-0.1, -0.05) is 44.2 Å². The van der Waals surface area contributed by atoms with Gasteiger partial charge in [-0.2, -0.15) is 0 Å². The molecule has 1 aliphatic heterocycles. The van der Waals surface area contributed by atoms with E-state index in [9.17, 15) is 24.3 Å². The quantitative estimate of drug-likeness (QED) is 0.271. The second-order valence-corrected chi connectivity index (χ2v) is 10.6. The standard InChI is InChI=1S/C31H43N3O8/c1-8-12-33-26-21-13-17(2)14-25(41-7)27(36)19(4)15-20(5)29(42-31(32)39)24(40-6)11-9-10-18(3)30(38)34-22(28(21)37)16-23(26)35/h8-11,15-17,19,24-25,27,29,33,36H,1,12-14H2,2-7H3,(H2,32,39)(H,34,38)/b11-9-,18-10-,20-15-/t17-,19+,24-,25+,27-,29+/m1/s1. The van der Waals surface area contributed by atoms with Gasteiger partial charge in [-0.3, -0.25) is 14.4 Å². The molecule has 2 bridgehead atoms. The SMILES string of the molecule is C=CCNC1=C2C[C@@H](C)C[C@H](OC)[C@H](O)[C@@H](C)/C=C(/C)[C@H](OC(N)=O)[C@H](OC)/C=C\C=C(\C)C(=O)NC(=CC1=O)C2=O. The number of nitrogens with one attached hydrogen (secondary N) is 2. The summed E-state index contributed by atoms with van der Waals surface area (Å²) in [5.74, 6) is -2.14. The summed E-state index contributed by atoms with van der Waals surface area (Å²) >= 11 is 0. The molecule has 2 rings (SSSR count). The fourth-order valence-corrected chi connectivity index (χ4v) is 4.95. The number of hydrogen-bond acceptors (Lipinski definition) is 9. The summed E-state index contributed by atoms with van der Waals surface area (Å²) in [4.78, 5) is 51.3. The number of hydrogen-bond donors (Lipinski definition) is 4. The molecule has 11 nitrogen and oxygen atoms in total. The first-order valence-corrected chi connectivity index (χ1v) is 13.8. The van der Waals surface area contributed by atoms with Crippen molar-refractivity contribution < 1.29 is 38.5 Å². The van der Waals surface area contributed by atoms with Crippen LogP contribution in [0.25, 0.3) is 0 Å². The number of fused-ring (bicyclic) bond motifs is 2. The number of carbonyl (C=O) groups excluding carboxylic acids is 4. The van der Waals surface area contributed by atoms with E-state index in [4.69, 9.17) is 19.9 Å². The molecule has 1 heterocycles. The van der Waals surface area contributed by atoms with Crippen molar-refractivity contribution in [2.24, 2.45) is 17.6 Å². The van der Waals surface area contributed by atoms with E-state index < -0.39 is 53.9 Å². The Balaban J connectivity index is 2.62. The van der Waals surface area contributed by atoms with Gasteiger partial charge in [0.05, 0.1) is 23.6 Å². The van der Waals surface area contributed by atoms with Crippen LogP contribution in [0.5, 0.6) is 0 Å². The zero-order valence-electron chi connectivity index (χ0n) is 25.1. The number of carbonyl (C=O) groups is 4. The number of Topliss-reactive ketones (excluding diaryl/α,β-unsaturated/α-hetero) is 1. The summed E-state index contributed by atoms with van der Waals surface area (Å²) in [5.41, 5.74) is 6.42. The number of amides is 2. The lowest BCUT2D eigenvalue weighted by molar-refractivity contribution is -0.120. The molecule has 0 radical (unpaired) electrons. The fraction of sp³-hybridized carbons (Fsp3) is 0.484. The number of ether oxygens (including phenoxy) is 3. The van der Waals surface area contributed by atoms with Crippen molar-refractivity contribution in [3.05, 3.63) is 71.1 Å². The Labute approximate surface area is 247 Å². The average Bonchev–Trinajstić information content (AvgIpc) is 2.94. The van der Waals surface area contributed by atoms with E-state index in [1.54, 1.807) is 45.1 Å². The lowest BCUT2D eigenvalue weighted by atomic mass is 9.85. The van der Waals surface area contributed by atoms with Gasteiger partial charge >= 0.3 is 6.09 Å². The van der Waals surface area contributed by atoms with Crippen LogP contribution >= 0.6 is 0 Å². The number of primary amides is 1. The van der Waals surface area contributed by atoms with E-state index in [0.29, 0.717) is 12.0 Å². The third-order valence-electron chi connectivity index (χ3n) is 7.22. The van der Waals surface area contributed by atoms with Crippen LogP contribution < -0.4 is 16.4 Å². The van der Waals surface area contributed by atoms with Crippen molar-refractivity contribution in [1.29, 1.82) is 0 Å². The first kappa shape index (κ1) is 34.4. The highest BCUT2D eigenvalue weighted by Gasteiger charge is 2.33. The van der Waals surface area contributed by atoms with Gasteiger partial charge in [0.15, 0.2) is 6.10 Å². The maximum absolute atomic E-state index is 13.5. The third kappa shape index (κ3) is 9.10. The van der Waals surface area contributed by atoms with E-state index in [1.165, 1.54) is 20.3 Å². The van der Waals surface area contributed by atoms with E-state index in [2.05, 4.69) is 17.2 Å². The highest BCUT2D eigenvalue weighted by Crippen LogP contribution is 2.28. The van der Waals surface area contributed by atoms with Crippen LogP contribution in [-0.4, -0.2) is 73.9 Å². The summed E-state index contributed by atoms with van der Waals surface area (Å²) in [7, 11) is 2.92. The third-order valence-corrected chi connectivity index (χ3v) is 7.22. The highest BCUT2D eigenvalue weighted by molar-refractivity contribution is 6.23. The molecule has 6 atom stereocenters. The summed E-state index contributed by atoms with van der Waals surface area (Å²) in [5, 5.41) is 16.7. The first-order chi connectivity index (χ1) is 19.8. The van der Waals surface area contributed by atoms with Crippen LogP contribution in [0.15, 0.2) is 71.1 Å². The number of aliphatic hydroxyl groups is 1. The molecule has 0 saturated heterocycles. The Bertz CT molecular complexity index is 1210. The summed E-state index contributed by atoms with van der Waals surface area (Å²) < 4.78 is 16.6. The van der Waals surface area contributed by atoms with E-state index in [1.807, 2.05) is 6.92 Å². The van der Waals surface area contributed by atoms with Crippen LogP contribution in [0.1, 0.15) is 40.5 Å². The molecule has 0 saturated carbocycles. The van der Waals surface area contributed by atoms with Crippen LogP contribution in [-0.2, 0) is 28.6 Å². The van der Waals surface area contributed by atoms with Gasteiger partial charge in [0.1, 0.15) is 6.10 Å². The fourth-order valence-electron chi connectivity index (χ4n) is 4.95. The molecule has 1 aliphatic carbocycles. The van der Waals surface area contributed by atoms with Crippen molar-refractivity contribution in [3.8, 4) is 0 Å². The van der Waals surface area contributed by atoms with Crippen molar-refractivity contribution in [2.75, 3.05) is 20.8 Å². The molecule has 0 unspecified atom stereocenters. The van der Waals surface area contributed by atoms with Crippen molar-refractivity contribution in [1.82, 2.24) is 10.6 Å². The molecule has 0 fully saturated rings. The second-order valence-electron chi connectivity index (χ2n) is 10.6. The largest absolute Gasteiger partial charge is 0.439 e. The smallest absolute Gasteiger partial charge is 0.405 e. The molecular formula is C31H43N3O8. The minimum atomic E-state index is -1.00. The second kappa shape index (κ2) is 16.0. The molecule has 0 aromatic heterocycles. The lowest BCUT2D eigenvalue weighted by Gasteiger charge is -2.30. The molecule has 0 aromatic rings. The number of aliphatic hydroxyl groups excluding tert-OH is 1. The summed E-state index contributed by atoms with van der Waals surface area (Å²) in [6.07, 6.45) is 5.34. The minimum Gasteiger partial charge on any atom is -0.439 e. The Morgan fingerprint density at radius 3 is 2.50 bits per heavy atom. The topological polar surface area (TPSA) is 166 Å². The number of allylic oxidation sites excluding steroid dienone is 4. The predicted molar refractivity (Wildman–Crippen MR) is 158 cm³/mol. The number of nitrogens with two attached hydrogens (primary N) is 1. The van der Waals surface area contributed by atoms with Crippen molar-refractivity contribution in [2.45, 2.75) is 65.0 Å². The van der Waals surface area contributed by atoms with Gasteiger partial charge in [0.25, 0.3) is 5.91 Å². The Hall–Kier alpha value is -3.80. The molecule has 2 aliphatic rings. The molecule has 42 heavy (non-hydrogen) atoms. The molecule has 2 amide bonds. The first-order valence-electron chi connectivity index (χ1n) is 13.8. The van der Waals surface area contributed by atoms with E-state index in [-0.39, 0.29) is 41.4 Å². The average molecular weight is 586 g/mol. The molecule has 0 spiro atoms. The van der Waals surface area contributed by atoms with Crippen LogP contribution in [0.4, 0.5) is 4.79 Å². The van der Waals surface area contributed by atoms with Gasteiger partial charge in [-0.05, 0) is 38.2 Å². The van der Waals surface area contributed by atoms with E-state index >= 15 is 0 Å². The monoisotopic (exact) mass is 585 g/mol. The van der Waals surface area contributed by atoms with Crippen molar-refractivity contribution >= 4 is 23.6 Å². The maximum atomic E-state index is 13.5. The number of rotatable bonds is 6. The maximum Gasteiger partial charge on any atom is 0.405 e. The Morgan fingerprint density at radius 2 is 1.90 bits per heavy atom. The predicted octanol–water partition coefficient (Wildman–Crippen LogP) is 2.54. The van der Waals surface area contributed by atoms with Crippen LogP contribution in [0.3, 0.4) is 0 Å². The summed E-state index contributed by atoms with van der Waals surface area (Å²) in [6.45, 7) is 10.9. The lowest BCUT2D eigenvalue weighted by Crippen LogP contribution is -2.37. The van der Waals surface area contributed by atoms with Gasteiger partial charge < -0.3 is 35.7 Å². The van der Waals surface area contributed by atoms with Gasteiger partial charge in [0.2, 0.25) is 11.6 Å². The minimum absolute atomic E-state index is 0.132. The van der Waals surface area contributed by atoms with Crippen LogP contribution in [0, 0.1) is 11.8 Å². The molecule has 230 valence electrons. The Morgan fingerprint density at radius 1 is 1.21 bits per heavy atom. The number of ketones is 2. The molecule has 11 heteroatoms. The molecule has 0 aromatic carbocycles. The zero-order valence-corrected chi connectivity index (χ0v) is 25.1. The van der Waals surface area contributed by atoms with Crippen LogP contribution in [0.2, 0.25) is 0 Å². The molecular weight excluding hydrogens is 542 g/mol. The highest BCUT2D eigenvalue weighted by atomic mass is 16.6. The van der Waals surface area contributed by atoms with Crippen molar-refractivity contribution in [3.63, 3.8) is 0 Å². The normalized spacial score (nSPS) is 31.6. The van der Waals surface area contributed by atoms with Gasteiger partial charge in [-0.15, -0.1) is 6.58 Å². The Kier molecular flexibility index (Phi) is 13.1. The molecule has 5 N–H and O–H groups in total. The summed E-state index contributed by atoms with van der Waals surface area (Å²) in [6, 6.07) is 0.